The molecule has 2 N–H and O–H groups in total. The minimum atomic E-state index is -3.49. The zero-order valence-electron chi connectivity index (χ0n) is 7.84. The lowest BCUT2D eigenvalue weighted by atomic mass is 10.6. The lowest BCUT2D eigenvalue weighted by Gasteiger charge is -2.02. The van der Waals surface area contributed by atoms with Gasteiger partial charge in [0.25, 0.3) is 10.0 Å². The number of aromatic nitrogens is 3. The maximum Gasteiger partial charge on any atom is 0.251 e. The summed E-state index contributed by atoms with van der Waals surface area (Å²) in [5, 5.41) is 7.90. The molecule has 0 aliphatic rings. The number of nitrogens with one attached hydrogen (secondary N) is 2. The van der Waals surface area contributed by atoms with Gasteiger partial charge in [-0.15, -0.1) is 11.3 Å². The van der Waals surface area contributed by atoms with E-state index >= 15 is 0 Å². The van der Waals surface area contributed by atoms with Crippen LogP contribution in [0.25, 0.3) is 0 Å². The second-order valence-corrected chi connectivity index (χ2v) is 6.55. The summed E-state index contributed by atoms with van der Waals surface area (Å²) < 4.78 is 26.9. The standard InChI is InChI=1S/C7H7BrN4O2S2/c8-5-1-2-15-7(5)16(13,14)11-3-6-9-4-10-12-6/h1-2,4,11H,3H2,(H,9,10,12). The van der Waals surface area contributed by atoms with Gasteiger partial charge in [-0.3, -0.25) is 5.10 Å². The second-order valence-electron chi connectivity index (χ2n) is 2.81. The van der Waals surface area contributed by atoms with Gasteiger partial charge in [-0.25, -0.2) is 18.1 Å². The molecule has 16 heavy (non-hydrogen) atoms. The number of sulfonamides is 1. The summed E-state index contributed by atoms with van der Waals surface area (Å²) in [6.45, 7) is 0.0900. The van der Waals surface area contributed by atoms with Gasteiger partial charge in [0.15, 0.2) is 0 Å². The van der Waals surface area contributed by atoms with Gasteiger partial charge in [0, 0.05) is 4.47 Å². The summed E-state index contributed by atoms with van der Waals surface area (Å²) in [5.41, 5.74) is 0. The van der Waals surface area contributed by atoms with E-state index in [1.54, 1.807) is 11.4 Å². The first kappa shape index (κ1) is 11.7. The maximum atomic E-state index is 11.8. The van der Waals surface area contributed by atoms with Crippen molar-refractivity contribution in [3.8, 4) is 0 Å². The molecule has 0 saturated carbocycles. The zero-order valence-corrected chi connectivity index (χ0v) is 11.1. The van der Waals surface area contributed by atoms with Crippen LogP contribution in [0, 0.1) is 0 Å². The first-order valence-electron chi connectivity index (χ1n) is 4.16. The predicted molar refractivity (Wildman–Crippen MR) is 62.4 cm³/mol. The topological polar surface area (TPSA) is 87.7 Å². The lowest BCUT2D eigenvalue weighted by Crippen LogP contribution is -2.23. The van der Waals surface area contributed by atoms with Crippen LogP contribution in [0.3, 0.4) is 0 Å². The molecule has 0 aliphatic carbocycles. The van der Waals surface area contributed by atoms with Gasteiger partial charge in [-0.2, -0.15) is 5.10 Å². The van der Waals surface area contributed by atoms with E-state index in [-0.39, 0.29) is 10.8 Å². The van der Waals surface area contributed by atoms with Crippen LogP contribution in [0.15, 0.2) is 26.5 Å². The lowest BCUT2D eigenvalue weighted by molar-refractivity contribution is 0.581. The summed E-state index contributed by atoms with van der Waals surface area (Å²) in [6.07, 6.45) is 1.32. The minimum Gasteiger partial charge on any atom is -0.262 e. The highest BCUT2D eigenvalue weighted by molar-refractivity contribution is 9.10. The number of H-pyrrole nitrogens is 1. The predicted octanol–water partition coefficient (Wildman–Crippen LogP) is 1.11. The van der Waals surface area contributed by atoms with Crippen molar-refractivity contribution < 1.29 is 8.42 Å². The van der Waals surface area contributed by atoms with Crippen molar-refractivity contribution >= 4 is 37.3 Å². The second kappa shape index (κ2) is 4.62. The first-order chi connectivity index (χ1) is 7.59. The molecule has 0 aliphatic heterocycles. The number of rotatable bonds is 4. The largest absolute Gasteiger partial charge is 0.262 e. The summed E-state index contributed by atoms with van der Waals surface area (Å²) >= 11 is 4.33. The quantitative estimate of drug-likeness (QED) is 0.882. The number of hydrogen-bond donors (Lipinski definition) is 2. The fraction of sp³-hybridized carbons (Fsp3) is 0.143. The molecule has 2 heterocycles. The molecule has 0 radical (unpaired) electrons. The highest BCUT2D eigenvalue weighted by atomic mass is 79.9. The van der Waals surface area contributed by atoms with E-state index < -0.39 is 10.0 Å². The molecule has 2 aromatic heterocycles. The first-order valence-corrected chi connectivity index (χ1v) is 7.32. The molecule has 0 bridgehead atoms. The highest BCUT2D eigenvalue weighted by Crippen LogP contribution is 2.27. The molecule has 0 amide bonds. The van der Waals surface area contributed by atoms with Crippen LogP contribution in [-0.4, -0.2) is 23.6 Å². The van der Waals surface area contributed by atoms with E-state index in [0.29, 0.717) is 10.3 Å². The van der Waals surface area contributed by atoms with Crippen molar-refractivity contribution in [2.24, 2.45) is 0 Å². The molecule has 0 saturated heterocycles. The van der Waals surface area contributed by atoms with Crippen molar-refractivity contribution in [3.63, 3.8) is 0 Å². The Labute approximate surface area is 104 Å². The van der Waals surface area contributed by atoms with E-state index in [9.17, 15) is 8.42 Å². The van der Waals surface area contributed by atoms with E-state index in [1.807, 2.05) is 0 Å². The Balaban J connectivity index is 2.13. The van der Waals surface area contributed by atoms with Gasteiger partial charge in [-0.05, 0) is 27.4 Å². The van der Waals surface area contributed by atoms with Crippen LogP contribution in [0.5, 0.6) is 0 Å². The SMILES string of the molecule is O=S(=O)(NCc1ncn[nH]1)c1sccc1Br. The monoisotopic (exact) mass is 322 g/mol. The fourth-order valence-electron chi connectivity index (χ4n) is 1.02. The van der Waals surface area contributed by atoms with Gasteiger partial charge in [0.2, 0.25) is 0 Å². The Morgan fingerprint density at radius 1 is 1.56 bits per heavy atom. The Kier molecular flexibility index (Phi) is 3.38. The van der Waals surface area contributed by atoms with Crippen LogP contribution in [0.2, 0.25) is 0 Å². The third kappa shape index (κ3) is 2.48. The third-order valence-corrected chi connectivity index (χ3v) is 5.79. The molecule has 2 rings (SSSR count). The van der Waals surface area contributed by atoms with Crippen LogP contribution >= 0.6 is 27.3 Å². The maximum absolute atomic E-state index is 11.8. The number of thiophene rings is 1. The van der Waals surface area contributed by atoms with Crippen LogP contribution in [-0.2, 0) is 16.6 Å². The minimum absolute atomic E-state index is 0.0900. The van der Waals surface area contributed by atoms with Crippen LogP contribution in [0.1, 0.15) is 5.82 Å². The Morgan fingerprint density at radius 2 is 2.38 bits per heavy atom. The van der Waals surface area contributed by atoms with Crippen molar-refractivity contribution in [1.29, 1.82) is 0 Å². The average molecular weight is 323 g/mol. The summed E-state index contributed by atoms with van der Waals surface area (Å²) in [7, 11) is -3.49. The van der Waals surface area contributed by atoms with Crippen molar-refractivity contribution in [2.45, 2.75) is 10.8 Å². The van der Waals surface area contributed by atoms with Gasteiger partial charge in [0.1, 0.15) is 16.4 Å². The molecule has 0 fully saturated rings. The molecule has 0 atom stereocenters. The smallest absolute Gasteiger partial charge is 0.251 e. The van der Waals surface area contributed by atoms with Crippen molar-refractivity contribution in [3.05, 3.63) is 28.1 Å². The Hall–Kier alpha value is -0.770. The van der Waals surface area contributed by atoms with Crippen molar-refractivity contribution in [1.82, 2.24) is 19.9 Å². The number of aromatic amines is 1. The molecular weight excluding hydrogens is 316 g/mol. The molecular formula is C7H7BrN4O2S2. The van der Waals surface area contributed by atoms with Gasteiger partial charge >= 0.3 is 0 Å². The number of nitrogens with zero attached hydrogens (tertiary/aromatic N) is 2. The van der Waals surface area contributed by atoms with E-state index in [2.05, 4.69) is 35.8 Å². The molecule has 6 nitrogen and oxygen atoms in total. The molecule has 86 valence electrons. The third-order valence-electron chi connectivity index (χ3n) is 1.72. The Bertz CT molecular complexity index is 563. The van der Waals surface area contributed by atoms with Gasteiger partial charge in [-0.1, -0.05) is 0 Å². The molecule has 0 aromatic carbocycles. The van der Waals surface area contributed by atoms with Gasteiger partial charge in [0.05, 0.1) is 6.54 Å². The number of halogens is 1. The summed E-state index contributed by atoms with van der Waals surface area (Å²) in [5.74, 6) is 0.469. The van der Waals surface area contributed by atoms with E-state index in [0.717, 1.165) is 11.3 Å². The van der Waals surface area contributed by atoms with Crippen LogP contribution < -0.4 is 4.72 Å². The van der Waals surface area contributed by atoms with Gasteiger partial charge < -0.3 is 0 Å². The normalized spacial score (nSPS) is 11.8. The average Bonchev–Trinajstić information content (AvgIpc) is 2.85. The van der Waals surface area contributed by atoms with E-state index in [1.165, 1.54) is 6.33 Å². The summed E-state index contributed by atoms with van der Waals surface area (Å²) in [6, 6.07) is 1.69. The Morgan fingerprint density at radius 3 is 2.94 bits per heavy atom. The molecule has 0 unspecified atom stereocenters. The molecule has 9 heteroatoms. The van der Waals surface area contributed by atoms with E-state index in [4.69, 9.17) is 0 Å². The molecule has 2 aromatic rings. The summed E-state index contributed by atoms with van der Waals surface area (Å²) in [4.78, 5) is 3.82. The zero-order chi connectivity index (χ0) is 11.6. The number of hydrogen-bond acceptors (Lipinski definition) is 5. The highest BCUT2D eigenvalue weighted by Gasteiger charge is 2.18. The van der Waals surface area contributed by atoms with Crippen molar-refractivity contribution in [2.75, 3.05) is 0 Å². The molecule has 0 spiro atoms. The fourth-order valence-corrected chi connectivity index (χ4v) is 4.38. The van der Waals surface area contributed by atoms with Crippen LogP contribution in [0.4, 0.5) is 0 Å².